The van der Waals surface area contributed by atoms with Crippen molar-refractivity contribution < 1.29 is 9.31 Å². The van der Waals surface area contributed by atoms with Crippen LogP contribution < -0.4 is 0 Å². The highest BCUT2D eigenvalue weighted by atomic mass is 28.4. The van der Waals surface area contributed by atoms with Gasteiger partial charge in [0.1, 0.15) is 16.5 Å². The first-order valence-corrected chi connectivity index (χ1v) is 15.5. The molecular weight excluding hydrogens is 293 g/mol. The lowest BCUT2D eigenvalue weighted by atomic mass is 9.90. The van der Waals surface area contributed by atoms with Crippen LogP contribution in [-0.4, -0.2) is 47.5 Å². The normalized spacial score (nSPS) is 13.0. The van der Waals surface area contributed by atoms with E-state index >= 15 is 0 Å². The van der Waals surface area contributed by atoms with Crippen molar-refractivity contribution in [3.05, 3.63) is 0 Å². The zero-order chi connectivity index (χ0) is 16.5. The zero-order valence-corrected chi connectivity index (χ0v) is 17.8. The molecule has 0 fully saturated rings. The maximum atomic E-state index is 6.03. The fourth-order valence-electron chi connectivity index (χ4n) is 2.57. The molecule has 0 atom stereocenters. The van der Waals surface area contributed by atoms with Crippen molar-refractivity contribution in [1.82, 2.24) is 4.23 Å². The van der Waals surface area contributed by atoms with E-state index in [4.69, 9.17) is 9.31 Å². The average molecular weight is 331 g/mol. The van der Waals surface area contributed by atoms with Crippen LogP contribution >= 0.6 is 0 Å². The summed E-state index contributed by atoms with van der Waals surface area (Å²) < 4.78 is 14.8. The van der Waals surface area contributed by atoms with Crippen molar-refractivity contribution >= 4 is 23.6 Å². The first-order valence-electron chi connectivity index (χ1n) is 8.63. The van der Waals surface area contributed by atoms with E-state index < -0.39 is 16.5 Å². The van der Waals surface area contributed by atoms with Crippen LogP contribution in [0, 0.1) is 0 Å². The molecule has 3 nitrogen and oxygen atoms in total. The second-order valence-corrected chi connectivity index (χ2v) is 18.0. The molecule has 0 aromatic heterocycles. The first kappa shape index (κ1) is 21.4. The van der Waals surface area contributed by atoms with Gasteiger partial charge in [-0.1, -0.05) is 66.0 Å². The average Bonchev–Trinajstić information content (AvgIpc) is 2.32. The van der Waals surface area contributed by atoms with Crippen LogP contribution in [0.1, 0.15) is 39.5 Å². The monoisotopic (exact) mass is 331 g/mol. The minimum Gasteiger partial charge on any atom is -0.410 e. The Morgan fingerprint density at radius 2 is 1.14 bits per heavy atom. The molecular formula is C15H38BNO2Si2. The Bertz CT molecular complexity index is 243. The van der Waals surface area contributed by atoms with Gasteiger partial charge in [0.15, 0.2) is 0 Å². The van der Waals surface area contributed by atoms with Crippen LogP contribution in [0.25, 0.3) is 0 Å². The van der Waals surface area contributed by atoms with E-state index in [0.29, 0.717) is 0 Å². The highest BCUT2D eigenvalue weighted by Crippen LogP contribution is 2.20. The number of hydrogen-bond acceptors (Lipinski definition) is 3. The van der Waals surface area contributed by atoms with Gasteiger partial charge >= 0.3 is 7.12 Å². The van der Waals surface area contributed by atoms with Crippen LogP contribution in [0.5, 0.6) is 0 Å². The van der Waals surface area contributed by atoms with Gasteiger partial charge in [0.05, 0.1) is 0 Å². The molecule has 0 saturated heterocycles. The number of nitrogens with zero attached hydrogens (tertiary/aromatic N) is 1. The molecule has 0 rings (SSSR count). The van der Waals surface area contributed by atoms with Crippen molar-refractivity contribution in [3.8, 4) is 0 Å². The quantitative estimate of drug-likeness (QED) is 0.385. The van der Waals surface area contributed by atoms with Gasteiger partial charge in [-0.2, -0.15) is 0 Å². The Kier molecular flexibility index (Phi) is 10.4. The number of hydrogen-bond donors (Lipinski definition) is 0. The van der Waals surface area contributed by atoms with Gasteiger partial charge < -0.3 is 13.5 Å². The summed E-state index contributed by atoms with van der Waals surface area (Å²) in [6.07, 6.45) is 5.53. The third-order valence-electron chi connectivity index (χ3n) is 3.55. The van der Waals surface area contributed by atoms with Gasteiger partial charge in [-0.15, -0.1) is 0 Å². The summed E-state index contributed by atoms with van der Waals surface area (Å²) in [6.45, 7) is 20.6. The number of unbranched alkanes of at least 4 members (excludes halogenated alkanes) is 2. The van der Waals surface area contributed by atoms with Crippen molar-refractivity contribution in [3.63, 3.8) is 0 Å². The largest absolute Gasteiger partial charge is 0.470 e. The zero-order valence-electron chi connectivity index (χ0n) is 15.8. The summed E-state index contributed by atoms with van der Waals surface area (Å²) in [7, 11) is -2.74. The summed E-state index contributed by atoms with van der Waals surface area (Å²) in [5.41, 5.74) is 0. The van der Waals surface area contributed by atoms with E-state index in [1.54, 1.807) is 0 Å². The summed E-state index contributed by atoms with van der Waals surface area (Å²) in [5.74, 6) is 0. The molecule has 0 spiro atoms. The van der Waals surface area contributed by atoms with Crippen molar-refractivity contribution in [2.75, 3.05) is 19.7 Å². The third-order valence-corrected chi connectivity index (χ3v) is 11.2. The van der Waals surface area contributed by atoms with Crippen molar-refractivity contribution in [2.45, 2.75) is 78.8 Å². The third kappa shape index (κ3) is 9.89. The van der Waals surface area contributed by atoms with E-state index in [2.05, 4.69) is 57.4 Å². The molecule has 0 amide bonds. The lowest BCUT2D eigenvalue weighted by Gasteiger charge is -2.44. The summed E-state index contributed by atoms with van der Waals surface area (Å²) >= 11 is 0. The summed E-state index contributed by atoms with van der Waals surface area (Å²) in [5, 5.41) is 0. The molecule has 126 valence electrons. The smallest absolute Gasteiger partial charge is 0.410 e. The van der Waals surface area contributed by atoms with E-state index in [-0.39, 0.29) is 7.12 Å². The molecule has 0 aromatic rings. The summed E-state index contributed by atoms with van der Waals surface area (Å²) in [6, 6.07) is 0. The highest BCUT2D eigenvalue weighted by Gasteiger charge is 2.38. The van der Waals surface area contributed by atoms with Crippen molar-refractivity contribution in [2.24, 2.45) is 0 Å². The van der Waals surface area contributed by atoms with Gasteiger partial charge in [0.25, 0.3) is 0 Å². The number of rotatable bonds is 12. The molecule has 0 aromatic carbocycles. The molecule has 0 aliphatic carbocycles. The van der Waals surface area contributed by atoms with Gasteiger partial charge in [-0.25, -0.2) is 0 Å². The maximum absolute atomic E-state index is 6.03. The second-order valence-electron chi connectivity index (χ2n) is 7.83. The molecule has 6 heteroatoms. The van der Waals surface area contributed by atoms with Gasteiger partial charge in [0.2, 0.25) is 0 Å². The molecule has 0 saturated carbocycles. The fourth-order valence-corrected chi connectivity index (χ4v) is 12.0. The fraction of sp³-hybridized carbons (Fsp3) is 1.00. The van der Waals surface area contributed by atoms with E-state index in [0.717, 1.165) is 32.5 Å². The topological polar surface area (TPSA) is 21.7 Å². The minimum absolute atomic E-state index is 0.0541. The van der Waals surface area contributed by atoms with Crippen LogP contribution in [0.3, 0.4) is 0 Å². The molecule has 0 heterocycles. The Labute approximate surface area is 136 Å². The van der Waals surface area contributed by atoms with Crippen LogP contribution in [0.15, 0.2) is 0 Å². The second kappa shape index (κ2) is 10.2. The van der Waals surface area contributed by atoms with Gasteiger partial charge in [0, 0.05) is 19.7 Å². The standard InChI is InChI=1S/C15H38BNO2Si2/c1-9-11-13-18-16(19-14-12-10-2)15-17(20(3,4)5)21(6,7)8/h9-15H2,1-8H3. The minimum atomic E-state index is -1.34. The van der Waals surface area contributed by atoms with Gasteiger partial charge in [-0.3, -0.25) is 0 Å². The Balaban J connectivity index is 4.70. The van der Waals surface area contributed by atoms with Gasteiger partial charge in [-0.05, 0) is 12.8 Å². The molecule has 0 N–H and O–H groups in total. The molecule has 0 aliphatic heterocycles. The predicted molar refractivity (Wildman–Crippen MR) is 101 cm³/mol. The van der Waals surface area contributed by atoms with E-state index in [1.807, 2.05) is 0 Å². The van der Waals surface area contributed by atoms with Crippen LogP contribution in [0.2, 0.25) is 39.3 Å². The molecule has 21 heavy (non-hydrogen) atoms. The first-order chi connectivity index (χ1) is 9.62. The van der Waals surface area contributed by atoms with E-state index in [1.165, 1.54) is 12.8 Å². The van der Waals surface area contributed by atoms with E-state index in [9.17, 15) is 0 Å². The van der Waals surface area contributed by atoms with Crippen LogP contribution in [0.4, 0.5) is 0 Å². The Hall–Kier alpha value is 0.379. The molecule has 0 bridgehead atoms. The molecule has 0 aliphatic rings. The summed E-state index contributed by atoms with van der Waals surface area (Å²) in [4.78, 5) is 0. The Morgan fingerprint density at radius 3 is 1.43 bits per heavy atom. The predicted octanol–water partition coefficient (Wildman–Crippen LogP) is 4.62. The highest BCUT2D eigenvalue weighted by molar-refractivity contribution is 6.90. The van der Waals surface area contributed by atoms with Crippen molar-refractivity contribution in [1.29, 1.82) is 0 Å². The lowest BCUT2D eigenvalue weighted by molar-refractivity contribution is 0.187. The van der Waals surface area contributed by atoms with Crippen LogP contribution in [-0.2, 0) is 9.31 Å². The molecule has 0 unspecified atom stereocenters. The maximum Gasteiger partial charge on any atom is 0.470 e. The molecule has 0 radical (unpaired) electrons. The SMILES string of the molecule is CCCCOB(CN([Si](C)(C)C)[Si](C)(C)C)OCCCC. The Morgan fingerprint density at radius 1 is 0.762 bits per heavy atom. The lowest BCUT2D eigenvalue weighted by Crippen LogP contribution is -2.62.